The Morgan fingerprint density at radius 3 is 2.69 bits per heavy atom. The molecule has 3 saturated carbocycles. The van der Waals surface area contributed by atoms with Gasteiger partial charge in [-0.3, -0.25) is 4.79 Å². The molecule has 0 spiro atoms. The summed E-state index contributed by atoms with van der Waals surface area (Å²) in [7, 11) is 1.94. The van der Waals surface area contributed by atoms with Gasteiger partial charge in [-0.05, 0) is 66.9 Å². The van der Waals surface area contributed by atoms with Gasteiger partial charge in [0.15, 0.2) is 0 Å². The molecule has 2 heterocycles. The van der Waals surface area contributed by atoms with Gasteiger partial charge in [0.2, 0.25) is 5.91 Å². The van der Waals surface area contributed by atoms with E-state index in [1.807, 2.05) is 24.3 Å². The summed E-state index contributed by atoms with van der Waals surface area (Å²) in [6.45, 7) is 4.65. The minimum atomic E-state index is -0.180. The first-order chi connectivity index (χ1) is 13.8. The SMILES string of the molecule is CN1C(=O)C=C[C@@]2(C)C1C(=Cc1cncnc1)C[C@@H]1[C@H]2CC[C@]2(C)C(O)CC[C@@H]12. The second-order valence-electron chi connectivity index (χ2n) is 10.2. The molecule has 29 heavy (non-hydrogen) atoms. The predicted molar refractivity (Wildman–Crippen MR) is 111 cm³/mol. The molecular formula is C24H31N3O2. The quantitative estimate of drug-likeness (QED) is 0.793. The number of amides is 1. The van der Waals surface area contributed by atoms with Gasteiger partial charge >= 0.3 is 0 Å². The summed E-state index contributed by atoms with van der Waals surface area (Å²) in [5, 5.41) is 10.8. The summed E-state index contributed by atoms with van der Waals surface area (Å²) >= 11 is 0. The van der Waals surface area contributed by atoms with Gasteiger partial charge in [0.05, 0.1) is 12.1 Å². The van der Waals surface area contributed by atoms with Crippen molar-refractivity contribution in [2.75, 3.05) is 7.05 Å². The summed E-state index contributed by atoms with van der Waals surface area (Å²) in [4.78, 5) is 22.9. The van der Waals surface area contributed by atoms with Crippen LogP contribution in [-0.2, 0) is 4.79 Å². The van der Waals surface area contributed by atoms with Gasteiger partial charge in [-0.2, -0.15) is 0 Å². The molecule has 0 saturated heterocycles. The topological polar surface area (TPSA) is 66.3 Å². The van der Waals surface area contributed by atoms with E-state index in [0.29, 0.717) is 17.8 Å². The Hall–Kier alpha value is -2.01. The number of carbonyl (C=O) groups excluding carboxylic acids is 1. The van der Waals surface area contributed by atoms with Gasteiger partial charge in [-0.1, -0.05) is 26.0 Å². The van der Waals surface area contributed by atoms with Gasteiger partial charge in [0, 0.05) is 30.4 Å². The third-order valence-corrected chi connectivity index (χ3v) is 8.85. The molecule has 2 unspecified atom stereocenters. The van der Waals surface area contributed by atoms with Crippen molar-refractivity contribution < 1.29 is 9.90 Å². The van der Waals surface area contributed by atoms with Crippen LogP contribution in [0.25, 0.3) is 6.08 Å². The molecule has 5 nitrogen and oxygen atoms in total. The van der Waals surface area contributed by atoms with Crippen LogP contribution in [0.15, 0.2) is 36.4 Å². The van der Waals surface area contributed by atoms with E-state index < -0.39 is 0 Å². The monoisotopic (exact) mass is 393 g/mol. The van der Waals surface area contributed by atoms with Crippen molar-refractivity contribution in [3.8, 4) is 0 Å². The third kappa shape index (κ3) is 2.66. The van der Waals surface area contributed by atoms with Crippen LogP contribution in [0.1, 0.15) is 51.5 Å². The number of hydrogen-bond donors (Lipinski definition) is 1. The zero-order chi connectivity index (χ0) is 20.4. The van der Waals surface area contributed by atoms with Gasteiger partial charge < -0.3 is 10.0 Å². The fourth-order valence-corrected chi connectivity index (χ4v) is 7.42. The van der Waals surface area contributed by atoms with Crippen LogP contribution in [0.4, 0.5) is 0 Å². The lowest BCUT2D eigenvalue weighted by Crippen LogP contribution is -2.60. The average molecular weight is 394 g/mol. The Morgan fingerprint density at radius 1 is 1.17 bits per heavy atom. The highest BCUT2D eigenvalue weighted by Gasteiger charge is 2.61. The molecule has 1 amide bonds. The van der Waals surface area contributed by atoms with E-state index in [4.69, 9.17) is 0 Å². The van der Waals surface area contributed by atoms with E-state index >= 15 is 0 Å². The maximum absolute atomic E-state index is 12.6. The first kappa shape index (κ1) is 19.0. The molecule has 1 aromatic rings. The number of nitrogens with zero attached hydrogens (tertiary/aromatic N) is 3. The maximum atomic E-state index is 12.6. The summed E-state index contributed by atoms with van der Waals surface area (Å²) < 4.78 is 0. The third-order valence-electron chi connectivity index (χ3n) is 8.85. The van der Waals surface area contributed by atoms with Gasteiger partial charge in [-0.25, -0.2) is 9.97 Å². The van der Waals surface area contributed by atoms with Crippen LogP contribution in [0.3, 0.4) is 0 Å². The Kier molecular flexibility index (Phi) is 4.25. The number of likely N-dealkylation sites (N-methyl/N-ethyl adjacent to an activating group) is 1. The minimum absolute atomic E-state index is 0.0332. The second kappa shape index (κ2) is 6.49. The molecule has 3 aliphatic carbocycles. The Balaban J connectivity index is 1.62. The number of aromatic nitrogens is 2. The molecule has 1 aromatic heterocycles. The smallest absolute Gasteiger partial charge is 0.246 e. The van der Waals surface area contributed by atoms with Gasteiger partial charge in [-0.15, -0.1) is 0 Å². The molecule has 3 fully saturated rings. The predicted octanol–water partition coefficient (Wildman–Crippen LogP) is 3.47. The maximum Gasteiger partial charge on any atom is 0.246 e. The first-order valence-corrected chi connectivity index (χ1v) is 10.9. The lowest BCUT2D eigenvalue weighted by atomic mass is 9.47. The number of fused-ring (bicyclic) bond motifs is 5. The number of aliphatic hydroxyl groups excluding tert-OH is 1. The van der Waals surface area contributed by atoms with Crippen molar-refractivity contribution in [3.63, 3.8) is 0 Å². The highest BCUT2D eigenvalue weighted by Crippen LogP contribution is 2.64. The van der Waals surface area contributed by atoms with Crippen molar-refractivity contribution in [3.05, 3.63) is 42.0 Å². The summed E-state index contributed by atoms with van der Waals surface area (Å²) in [6.07, 6.45) is 16.5. The van der Waals surface area contributed by atoms with E-state index in [-0.39, 0.29) is 28.9 Å². The van der Waals surface area contributed by atoms with Crippen LogP contribution < -0.4 is 0 Å². The van der Waals surface area contributed by atoms with Crippen LogP contribution >= 0.6 is 0 Å². The Morgan fingerprint density at radius 2 is 1.93 bits per heavy atom. The van der Waals surface area contributed by atoms with E-state index in [1.165, 1.54) is 5.57 Å². The van der Waals surface area contributed by atoms with E-state index in [2.05, 4.69) is 36.0 Å². The Labute approximate surface area is 172 Å². The van der Waals surface area contributed by atoms with Crippen LogP contribution in [-0.4, -0.2) is 45.1 Å². The van der Waals surface area contributed by atoms with E-state index in [9.17, 15) is 9.90 Å². The number of hydrogen-bond acceptors (Lipinski definition) is 4. The van der Waals surface area contributed by atoms with E-state index in [0.717, 1.165) is 37.7 Å². The molecule has 5 rings (SSSR count). The fourth-order valence-electron chi connectivity index (χ4n) is 7.42. The molecular weight excluding hydrogens is 362 g/mol. The molecule has 7 atom stereocenters. The normalized spacial score (nSPS) is 45.1. The molecule has 0 bridgehead atoms. The van der Waals surface area contributed by atoms with E-state index in [1.54, 1.807) is 12.4 Å². The first-order valence-electron chi connectivity index (χ1n) is 10.9. The molecule has 0 aromatic carbocycles. The average Bonchev–Trinajstić information content (AvgIpc) is 3.01. The Bertz CT molecular complexity index is 881. The van der Waals surface area contributed by atoms with Crippen molar-refractivity contribution in [2.24, 2.45) is 28.6 Å². The van der Waals surface area contributed by atoms with Gasteiger partial charge in [0.1, 0.15) is 6.33 Å². The molecule has 1 aliphatic heterocycles. The largest absolute Gasteiger partial charge is 0.393 e. The lowest BCUT2D eigenvalue weighted by molar-refractivity contribution is -0.135. The molecule has 5 heteroatoms. The highest BCUT2D eigenvalue weighted by atomic mass is 16.3. The van der Waals surface area contributed by atoms with Crippen LogP contribution in [0.5, 0.6) is 0 Å². The summed E-state index contributed by atoms with van der Waals surface area (Å²) in [5.74, 6) is 1.69. The molecule has 154 valence electrons. The zero-order valence-electron chi connectivity index (χ0n) is 17.6. The fraction of sp³-hybridized carbons (Fsp3) is 0.625. The van der Waals surface area contributed by atoms with Crippen LogP contribution in [0.2, 0.25) is 0 Å². The standard InChI is InChI=1S/C24H31N3O2/c1-23-8-6-19-17(18(23)4-5-20(23)28)11-16(10-15-12-25-14-26-13-15)22-24(19,2)9-7-21(29)27(22)3/h7,9-10,12-14,17-20,22,28H,4-6,8,11H2,1-3H3/t17-,18-,19+,20?,22?,23-,24+/m0/s1. The molecule has 4 aliphatic rings. The van der Waals surface area contributed by atoms with Crippen molar-refractivity contribution >= 4 is 12.0 Å². The zero-order valence-corrected chi connectivity index (χ0v) is 17.6. The number of carbonyl (C=O) groups is 1. The lowest BCUT2D eigenvalue weighted by Gasteiger charge is -2.60. The number of rotatable bonds is 1. The van der Waals surface area contributed by atoms with Crippen molar-refractivity contribution in [1.29, 1.82) is 0 Å². The van der Waals surface area contributed by atoms with Crippen molar-refractivity contribution in [1.82, 2.24) is 14.9 Å². The second-order valence-corrected chi connectivity index (χ2v) is 10.2. The number of aliphatic hydroxyl groups is 1. The molecule has 1 N–H and O–H groups in total. The minimum Gasteiger partial charge on any atom is -0.393 e. The summed E-state index contributed by atoms with van der Waals surface area (Å²) in [5.41, 5.74) is 2.24. The summed E-state index contributed by atoms with van der Waals surface area (Å²) in [6, 6.07) is 0.0668. The van der Waals surface area contributed by atoms with Gasteiger partial charge in [0.25, 0.3) is 0 Å². The van der Waals surface area contributed by atoms with Crippen molar-refractivity contribution in [2.45, 2.75) is 58.1 Å². The van der Waals surface area contributed by atoms with Crippen LogP contribution in [0, 0.1) is 28.6 Å². The molecule has 0 radical (unpaired) electrons. The highest BCUT2D eigenvalue weighted by molar-refractivity contribution is 5.89.